The number of carbonyl (C=O) groups excluding carboxylic acids is 1. The standard InChI is InChI=1S/C20H19N3O2/c1-25-19-10-5-16(6-11-19)7-12-20(24)21-15-17-3-8-18(9-4-17)23-14-2-13-22-23/h2-14H,15H2,1H3,(H,21,24). The van der Waals surface area contributed by atoms with Crippen molar-refractivity contribution < 1.29 is 9.53 Å². The fourth-order valence-corrected chi connectivity index (χ4v) is 2.32. The van der Waals surface area contributed by atoms with Crippen LogP contribution in [0.5, 0.6) is 5.75 Å². The summed E-state index contributed by atoms with van der Waals surface area (Å²) in [5, 5.41) is 7.06. The van der Waals surface area contributed by atoms with Crippen LogP contribution < -0.4 is 10.1 Å². The summed E-state index contributed by atoms with van der Waals surface area (Å²) in [5.74, 6) is 0.659. The fraction of sp³-hybridized carbons (Fsp3) is 0.100. The molecule has 0 radical (unpaired) electrons. The number of aromatic nitrogens is 2. The van der Waals surface area contributed by atoms with Crippen LogP contribution in [0.2, 0.25) is 0 Å². The number of methoxy groups -OCH3 is 1. The van der Waals surface area contributed by atoms with Crippen molar-refractivity contribution in [2.45, 2.75) is 6.54 Å². The summed E-state index contributed by atoms with van der Waals surface area (Å²) in [6.45, 7) is 0.477. The van der Waals surface area contributed by atoms with E-state index in [4.69, 9.17) is 4.74 Å². The minimum atomic E-state index is -0.132. The molecule has 0 aliphatic rings. The molecule has 25 heavy (non-hydrogen) atoms. The molecular weight excluding hydrogens is 314 g/mol. The smallest absolute Gasteiger partial charge is 0.244 e. The average molecular weight is 333 g/mol. The largest absolute Gasteiger partial charge is 0.497 e. The van der Waals surface area contributed by atoms with Crippen molar-refractivity contribution in [1.29, 1.82) is 0 Å². The summed E-state index contributed by atoms with van der Waals surface area (Å²) in [6, 6.07) is 17.3. The Bertz CT molecular complexity index is 836. The van der Waals surface area contributed by atoms with E-state index in [0.29, 0.717) is 6.54 Å². The monoisotopic (exact) mass is 333 g/mol. The Labute approximate surface area is 146 Å². The molecule has 0 atom stereocenters. The van der Waals surface area contributed by atoms with Gasteiger partial charge in [-0.25, -0.2) is 4.68 Å². The molecule has 0 aliphatic carbocycles. The highest BCUT2D eigenvalue weighted by Gasteiger charge is 1.99. The van der Waals surface area contributed by atoms with E-state index in [2.05, 4.69) is 10.4 Å². The second kappa shape index (κ2) is 7.97. The number of amides is 1. The number of ether oxygens (including phenoxy) is 1. The van der Waals surface area contributed by atoms with Crippen molar-refractivity contribution in [2.75, 3.05) is 7.11 Å². The van der Waals surface area contributed by atoms with Gasteiger partial charge >= 0.3 is 0 Å². The third-order valence-electron chi connectivity index (χ3n) is 3.71. The van der Waals surface area contributed by atoms with Crippen molar-refractivity contribution in [1.82, 2.24) is 15.1 Å². The van der Waals surface area contributed by atoms with E-state index in [0.717, 1.165) is 22.6 Å². The molecule has 3 aromatic rings. The van der Waals surface area contributed by atoms with Gasteiger partial charge in [-0.15, -0.1) is 0 Å². The number of benzene rings is 2. The first-order valence-corrected chi connectivity index (χ1v) is 7.93. The maximum absolute atomic E-state index is 11.9. The van der Waals surface area contributed by atoms with E-state index >= 15 is 0 Å². The number of nitrogens with zero attached hydrogens (tertiary/aromatic N) is 2. The van der Waals surface area contributed by atoms with Crippen LogP contribution in [0, 0.1) is 0 Å². The average Bonchev–Trinajstić information content (AvgIpc) is 3.20. The van der Waals surface area contributed by atoms with Gasteiger partial charge in [0.05, 0.1) is 12.8 Å². The number of hydrogen-bond acceptors (Lipinski definition) is 3. The zero-order valence-electron chi connectivity index (χ0n) is 13.9. The maximum atomic E-state index is 11.9. The first-order chi connectivity index (χ1) is 12.2. The molecule has 0 spiro atoms. The molecule has 5 nitrogen and oxygen atoms in total. The second-order valence-electron chi connectivity index (χ2n) is 5.44. The Kier molecular flexibility index (Phi) is 5.26. The van der Waals surface area contributed by atoms with Gasteiger partial charge in [0.15, 0.2) is 0 Å². The molecule has 5 heteroatoms. The van der Waals surface area contributed by atoms with E-state index in [1.807, 2.05) is 60.8 Å². The summed E-state index contributed by atoms with van der Waals surface area (Å²) in [4.78, 5) is 11.9. The van der Waals surface area contributed by atoms with Crippen LogP contribution >= 0.6 is 0 Å². The first kappa shape index (κ1) is 16.5. The van der Waals surface area contributed by atoms with Gasteiger partial charge in [-0.1, -0.05) is 24.3 Å². The van der Waals surface area contributed by atoms with Gasteiger partial charge in [-0.2, -0.15) is 5.10 Å². The molecule has 1 amide bonds. The SMILES string of the molecule is COc1ccc(C=CC(=O)NCc2ccc(-n3cccn3)cc2)cc1. The van der Waals surface area contributed by atoms with Crippen LogP contribution in [0.1, 0.15) is 11.1 Å². The number of nitrogens with one attached hydrogen (secondary N) is 1. The third kappa shape index (κ3) is 4.57. The topological polar surface area (TPSA) is 56.1 Å². The highest BCUT2D eigenvalue weighted by atomic mass is 16.5. The van der Waals surface area contributed by atoms with Gasteiger partial charge in [0.1, 0.15) is 5.75 Å². The summed E-state index contributed by atoms with van der Waals surface area (Å²) < 4.78 is 6.90. The molecule has 1 aromatic heterocycles. The minimum Gasteiger partial charge on any atom is -0.497 e. The van der Waals surface area contributed by atoms with E-state index < -0.39 is 0 Å². The lowest BCUT2D eigenvalue weighted by molar-refractivity contribution is -0.116. The molecule has 3 rings (SSSR count). The summed E-state index contributed by atoms with van der Waals surface area (Å²) in [7, 11) is 1.62. The van der Waals surface area contributed by atoms with Gasteiger partial charge in [-0.3, -0.25) is 4.79 Å². The van der Waals surface area contributed by atoms with Crippen LogP contribution in [0.3, 0.4) is 0 Å². The lowest BCUT2D eigenvalue weighted by atomic mass is 10.2. The number of carbonyl (C=O) groups is 1. The van der Waals surface area contributed by atoms with Crippen LogP contribution in [0.4, 0.5) is 0 Å². The first-order valence-electron chi connectivity index (χ1n) is 7.93. The second-order valence-corrected chi connectivity index (χ2v) is 5.44. The lowest BCUT2D eigenvalue weighted by Crippen LogP contribution is -2.20. The summed E-state index contributed by atoms with van der Waals surface area (Å²) in [6.07, 6.45) is 6.93. The molecule has 126 valence electrons. The molecule has 0 saturated carbocycles. The van der Waals surface area contributed by atoms with Crippen LogP contribution in [-0.4, -0.2) is 22.8 Å². The van der Waals surface area contributed by atoms with E-state index in [1.54, 1.807) is 24.1 Å². The van der Waals surface area contributed by atoms with Crippen molar-refractivity contribution in [3.8, 4) is 11.4 Å². The minimum absolute atomic E-state index is 0.132. The van der Waals surface area contributed by atoms with Gasteiger partial charge in [0.2, 0.25) is 5.91 Å². The quantitative estimate of drug-likeness (QED) is 0.705. The van der Waals surface area contributed by atoms with E-state index in [1.165, 1.54) is 6.08 Å². The van der Waals surface area contributed by atoms with Crippen molar-refractivity contribution in [3.63, 3.8) is 0 Å². The van der Waals surface area contributed by atoms with Crippen molar-refractivity contribution in [2.24, 2.45) is 0 Å². The molecule has 0 aliphatic heterocycles. The Morgan fingerprint density at radius 2 is 1.92 bits per heavy atom. The molecular formula is C20H19N3O2. The number of rotatable bonds is 6. The fourth-order valence-electron chi connectivity index (χ4n) is 2.32. The van der Waals surface area contributed by atoms with Gasteiger partial charge in [-0.05, 0) is 47.5 Å². The highest BCUT2D eigenvalue weighted by molar-refractivity contribution is 5.91. The predicted molar refractivity (Wildman–Crippen MR) is 97.4 cm³/mol. The maximum Gasteiger partial charge on any atom is 0.244 e. The Balaban J connectivity index is 1.52. The van der Waals surface area contributed by atoms with Crippen LogP contribution in [0.15, 0.2) is 73.1 Å². The molecule has 2 aromatic carbocycles. The molecule has 0 saturated heterocycles. The van der Waals surface area contributed by atoms with E-state index in [-0.39, 0.29) is 5.91 Å². The Morgan fingerprint density at radius 3 is 2.56 bits per heavy atom. The molecule has 1 heterocycles. The highest BCUT2D eigenvalue weighted by Crippen LogP contribution is 2.12. The zero-order chi connectivity index (χ0) is 17.5. The Morgan fingerprint density at radius 1 is 1.16 bits per heavy atom. The molecule has 0 unspecified atom stereocenters. The predicted octanol–water partition coefficient (Wildman–Crippen LogP) is 3.21. The third-order valence-corrected chi connectivity index (χ3v) is 3.71. The number of hydrogen-bond donors (Lipinski definition) is 1. The van der Waals surface area contributed by atoms with Crippen LogP contribution in [-0.2, 0) is 11.3 Å². The van der Waals surface area contributed by atoms with Crippen LogP contribution in [0.25, 0.3) is 11.8 Å². The molecule has 1 N–H and O–H groups in total. The Hall–Kier alpha value is -3.34. The van der Waals surface area contributed by atoms with Crippen molar-refractivity contribution >= 4 is 12.0 Å². The summed E-state index contributed by atoms with van der Waals surface area (Å²) >= 11 is 0. The van der Waals surface area contributed by atoms with Crippen molar-refractivity contribution in [3.05, 3.63) is 84.2 Å². The molecule has 0 bridgehead atoms. The normalized spacial score (nSPS) is 10.8. The van der Waals surface area contributed by atoms with E-state index in [9.17, 15) is 4.79 Å². The zero-order valence-corrected chi connectivity index (χ0v) is 13.9. The lowest BCUT2D eigenvalue weighted by Gasteiger charge is -2.05. The molecule has 0 fully saturated rings. The van der Waals surface area contributed by atoms with Gasteiger partial charge in [0.25, 0.3) is 0 Å². The van der Waals surface area contributed by atoms with Gasteiger partial charge in [0, 0.05) is 25.0 Å². The summed E-state index contributed by atoms with van der Waals surface area (Å²) in [5.41, 5.74) is 2.96. The van der Waals surface area contributed by atoms with Gasteiger partial charge < -0.3 is 10.1 Å².